The van der Waals surface area contributed by atoms with Crippen molar-refractivity contribution >= 4 is 51.8 Å². The van der Waals surface area contributed by atoms with Crippen molar-refractivity contribution in [2.45, 2.75) is 13.0 Å². The molecule has 0 fully saturated rings. The molecule has 0 saturated carbocycles. The molecule has 2 aromatic carbocycles. The molecule has 204 valence electrons. The van der Waals surface area contributed by atoms with Crippen LogP contribution in [-0.4, -0.2) is 54.5 Å². The van der Waals surface area contributed by atoms with E-state index >= 15 is 0 Å². The number of anilines is 3. The van der Waals surface area contributed by atoms with Crippen LogP contribution in [0.15, 0.2) is 40.9 Å². The number of methoxy groups -OCH3 is 2. The number of nitrogens with one attached hydrogen (secondary N) is 1. The zero-order valence-corrected chi connectivity index (χ0v) is 22.3. The first-order chi connectivity index (χ1) is 18.6. The number of rotatable bonds is 10. The quantitative estimate of drug-likeness (QED) is 0.227. The highest BCUT2D eigenvalue weighted by molar-refractivity contribution is 6.31. The molecule has 0 unspecified atom stereocenters. The van der Waals surface area contributed by atoms with Gasteiger partial charge in [-0.1, -0.05) is 11.6 Å². The largest absolute Gasteiger partial charge is 0.493 e. The summed E-state index contributed by atoms with van der Waals surface area (Å²) in [7, 11) is 4.55. The number of aromatic nitrogens is 2. The number of likely N-dealkylation sites (N-methyl/N-ethyl adjacent to an activating group) is 1. The Balaban J connectivity index is 1.69. The molecule has 0 aliphatic rings. The van der Waals surface area contributed by atoms with Gasteiger partial charge >= 0.3 is 0 Å². The zero-order chi connectivity index (χ0) is 28.3. The van der Waals surface area contributed by atoms with Crippen LogP contribution in [0.4, 0.5) is 17.5 Å². The van der Waals surface area contributed by atoms with Gasteiger partial charge in [-0.15, -0.1) is 0 Å². The van der Waals surface area contributed by atoms with Crippen molar-refractivity contribution < 1.29 is 23.5 Å². The number of fused-ring (bicyclic) bond motifs is 1. The van der Waals surface area contributed by atoms with Gasteiger partial charge in [0.2, 0.25) is 17.6 Å². The van der Waals surface area contributed by atoms with Crippen LogP contribution in [0.2, 0.25) is 5.02 Å². The third-order valence-electron chi connectivity index (χ3n) is 5.99. The van der Waals surface area contributed by atoms with Crippen LogP contribution in [0.1, 0.15) is 27.2 Å². The Kier molecular flexibility index (Phi) is 7.96. The second-order valence-electron chi connectivity index (χ2n) is 8.71. The first-order valence-electron chi connectivity index (χ1n) is 11.7. The molecule has 0 spiro atoms. The molecule has 12 nitrogen and oxygen atoms in total. The molecule has 2 heterocycles. The highest BCUT2D eigenvalue weighted by Gasteiger charge is 2.21. The summed E-state index contributed by atoms with van der Waals surface area (Å²) in [5.41, 5.74) is 19.7. The minimum atomic E-state index is -0.621. The average molecular weight is 554 g/mol. The van der Waals surface area contributed by atoms with E-state index in [0.29, 0.717) is 51.1 Å². The maximum absolute atomic E-state index is 12.9. The van der Waals surface area contributed by atoms with Crippen molar-refractivity contribution in [3.05, 3.63) is 64.0 Å². The average Bonchev–Trinajstić information content (AvgIpc) is 3.32. The number of ether oxygens (including phenoxy) is 2. The Morgan fingerprint density at radius 3 is 2.56 bits per heavy atom. The van der Waals surface area contributed by atoms with E-state index in [4.69, 9.17) is 42.7 Å². The van der Waals surface area contributed by atoms with Crippen molar-refractivity contribution in [1.82, 2.24) is 14.9 Å². The lowest BCUT2D eigenvalue weighted by Gasteiger charge is -2.18. The van der Waals surface area contributed by atoms with Crippen molar-refractivity contribution in [2.75, 3.05) is 44.6 Å². The predicted octanol–water partition coefficient (Wildman–Crippen LogP) is 2.82. The summed E-state index contributed by atoms with van der Waals surface area (Å²) >= 11 is 6.20. The topological polar surface area (TPSA) is 185 Å². The van der Waals surface area contributed by atoms with Crippen LogP contribution in [0.3, 0.4) is 0 Å². The normalized spacial score (nSPS) is 10.9. The molecule has 2 aromatic heterocycles. The molecule has 7 N–H and O–H groups in total. The Hall–Kier alpha value is -4.71. The summed E-state index contributed by atoms with van der Waals surface area (Å²) < 4.78 is 17.3. The van der Waals surface area contributed by atoms with Gasteiger partial charge in [-0.05, 0) is 35.9 Å². The van der Waals surface area contributed by atoms with Crippen LogP contribution in [0.25, 0.3) is 11.0 Å². The second kappa shape index (κ2) is 11.4. The summed E-state index contributed by atoms with van der Waals surface area (Å²) in [6.07, 6.45) is 1.96. The van der Waals surface area contributed by atoms with Crippen molar-refractivity contribution in [3.63, 3.8) is 0 Å². The number of furan rings is 1. The molecular formula is C26H28ClN7O5. The van der Waals surface area contributed by atoms with Crippen LogP contribution >= 0.6 is 11.6 Å². The number of benzene rings is 2. The summed E-state index contributed by atoms with van der Waals surface area (Å²) in [6, 6.07) is 8.49. The number of amides is 2. The fraction of sp³-hybridized carbons (Fsp3) is 0.231. The molecule has 0 atom stereocenters. The fourth-order valence-corrected chi connectivity index (χ4v) is 4.33. The number of primary amides is 1. The van der Waals surface area contributed by atoms with Gasteiger partial charge in [0.1, 0.15) is 11.6 Å². The molecule has 0 bridgehead atoms. The van der Waals surface area contributed by atoms with E-state index in [1.54, 1.807) is 24.4 Å². The van der Waals surface area contributed by atoms with E-state index in [1.165, 1.54) is 26.2 Å². The Morgan fingerprint density at radius 2 is 1.90 bits per heavy atom. The van der Waals surface area contributed by atoms with E-state index in [1.807, 2.05) is 12.1 Å². The van der Waals surface area contributed by atoms with E-state index in [2.05, 4.69) is 15.3 Å². The molecule has 4 aromatic rings. The first kappa shape index (κ1) is 27.3. The summed E-state index contributed by atoms with van der Waals surface area (Å²) in [4.78, 5) is 33.6. The van der Waals surface area contributed by atoms with E-state index in [0.717, 1.165) is 10.9 Å². The van der Waals surface area contributed by atoms with Gasteiger partial charge in [0.15, 0.2) is 11.3 Å². The summed E-state index contributed by atoms with van der Waals surface area (Å²) in [5, 5.41) is 4.40. The number of carbonyl (C=O) groups excluding carboxylic acids is 2. The lowest BCUT2D eigenvalue weighted by Crippen LogP contribution is -2.35. The maximum atomic E-state index is 12.9. The SMILES string of the molecule is COc1cc(Cc2cnc(N)nc2N)c2cc(CNc3cc(Cl)ccc3C(=O)N(C)CC(N)=O)oc2c1OC. The lowest BCUT2D eigenvalue weighted by molar-refractivity contribution is -0.118. The third kappa shape index (κ3) is 5.91. The van der Waals surface area contributed by atoms with Gasteiger partial charge in [-0.25, -0.2) is 4.98 Å². The number of nitrogen functional groups attached to an aromatic ring is 2. The van der Waals surface area contributed by atoms with Gasteiger partial charge in [0, 0.05) is 41.3 Å². The fourth-order valence-electron chi connectivity index (χ4n) is 4.16. The Morgan fingerprint density at radius 1 is 1.13 bits per heavy atom. The number of nitrogens with zero attached hydrogens (tertiary/aromatic N) is 3. The van der Waals surface area contributed by atoms with Crippen LogP contribution in [0, 0.1) is 0 Å². The standard InChI is InChI=1S/C26H28ClN7O5/c1-34(12-21(28)35)25(36)17-5-4-15(27)8-19(17)31-11-16-9-18-13(6-14-10-32-26(30)33-24(14)29)7-20(37-2)23(38-3)22(18)39-16/h4-5,7-10,31H,6,11-12H2,1-3H3,(H2,28,35)(H4,29,30,32,33). The number of nitrogens with two attached hydrogens (primary N) is 3. The highest BCUT2D eigenvalue weighted by atomic mass is 35.5. The zero-order valence-electron chi connectivity index (χ0n) is 21.6. The number of carbonyl (C=O) groups is 2. The molecule has 39 heavy (non-hydrogen) atoms. The Labute approximate surface area is 229 Å². The molecule has 13 heteroatoms. The second-order valence-corrected chi connectivity index (χ2v) is 9.15. The number of hydrogen-bond acceptors (Lipinski definition) is 10. The number of hydrogen-bond donors (Lipinski definition) is 4. The van der Waals surface area contributed by atoms with Crippen molar-refractivity contribution in [2.24, 2.45) is 5.73 Å². The number of halogens is 1. The van der Waals surface area contributed by atoms with Crippen LogP contribution in [-0.2, 0) is 17.8 Å². The third-order valence-corrected chi connectivity index (χ3v) is 6.23. The molecule has 0 radical (unpaired) electrons. The smallest absolute Gasteiger partial charge is 0.256 e. The minimum absolute atomic E-state index is 0.0880. The molecule has 4 rings (SSSR count). The van der Waals surface area contributed by atoms with Gasteiger partial charge in [0.05, 0.1) is 32.9 Å². The maximum Gasteiger partial charge on any atom is 0.256 e. The highest BCUT2D eigenvalue weighted by Crippen LogP contribution is 2.40. The summed E-state index contributed by atoms with van der Waals surface area (Å²) in [6.45, 7) is -0.0225. The molecule has 0 saturated heterocycles. The molecular weight excluding hydrogens is 526 g/mol. The summed E-state index contributed by atoms with van der Waals surface area (Å²) in [5.74, 6) is 0.793. The molecule has 0 aliphatic heterocycles. The van der Waals surface area contributed by atoms with Gasteiger partial charge in [-0.2, -0.15) is 4.98 Å². The van der Waals surface area contributed by atoms with Crippen LogP contribution in [0.5, 0.6) is 11.5 Å². The van der Waals surface area contributed by atoms with Gasteiger partial charge < -0.3 is 41.3 Å². The van der Waals surface area contributed by atoms with Gasteiger partial charge in [-0.3, -0.25) is 9.59 Å². The first-order valence-corrected chi connectivity index (χ1v) is 12.1. The minimum Gasteiger partial charge on any atom is -0.493 e. The predicted molar refractivity (Wildman–Crippen MR) is 148 cm³/mol. The van der Waals surface area contributed by atoms with E-state index < -0.39 is 11.8 Å². The lowest BCUT2D eigenvalue weighted by atomic mass is 10.0. The van der Waals surface area contributed by atoms with Crippen molar-refractivity contribution in [3.8, 4) is 11.5 Å². The Bertz CT molecular complexity index is 1560. The molecule has 2 amide bonds. The molecule has 0 aliphatic carbocycles. The monoisotopic (exact) mass is 553 g/mol. The van der Waals surface area contributed by atoms with E-state index in [-0.39, 0.29) is 24.9 Å². The van der Waals surface area contributed by atoms with E-state index in [9.17, 15) is 9.59 Å². The van der Waals surface area contributed by atoms with Crippen LogP contribution < -0.4 is 32.0 Å². The van der Waals surface area contributed by atoms with Crippen molar-refractivity contribution in [1.29, 1.82) is 0 Å². The van der Waals surface area contributed by atoms with Gasteiger partial charge in [0.25, 0.3) is 5.91 Å².